The van der Waals surface area contributed by atoms with Crippen molar-refractivity contribution >= 4 is 28.7 Å². The Labute approximate surface area is 206 Å². The normalized spacial score (nSPS) is 18.2. The van der Waals surface area contributed by atoms with Gasteiger partial charge in [0, 0.05) is 37.5 Å². The molecule has 5 heterocycles. The maximum atomic E-state index is 13.6. The summed E-state index contributed by atoms with van der Waals surface area (Å²) in [4.78, 5) is 23.8. The number of pyridine rings is 2. The molecular formula is C26H25FN6O3. The first-order valence-corrected chi connectivity index (χ1v) is 11.8. The molecule has 2 aliphatic rings. The standard InChI is InChI=1S/C26H25FN6O3/c1-15(34)22-14-32(8-9-36-22)17-2-5-23(28-11-17)31-20-4-3-18(19-12-30-26(35)25(19)20)21-13-29-24-10-16(27)6-7-33(21)24/h2-7,10-11,13,15,22,34H,8-9,12,14H2,1H3,(H,28,31)(H,30,35)/t15-,22-/m0/s1. The van der Waals surface area contributed by atoms with Gasteiger partial charge in [-0.05, 0) is 36.8 Å². The van der Waals surface area contributed by atoms with E-state index in [1.165, 1.54) is 12.1 Å². The zero-order chi connectivity index (χ0) is 24.8. The highest BCUT2D eigenvalue weighted by Crippen LogP contribution is 2.35. The monoisotopic (exact) mass is 488 g/mol. The number of benzene rings is 1. The second kappa shape index (κ2) is 8.89. The molecule has 3 N–H and O–H groups in total. The maximum Gasteiger partial charge on any atom is 0.254 e. The molecule has 3 aromatic heterocycles. The number of morpholine rings is 1. The zero-order valence-electron chi connectivity index (χ0n) is 19.6. The highest BCUT2D eigenvalue weighted by Gasteiger charge is 2.28. The number of anilines is 3. The number of aromatic nitrogens is 3. The quantitative estimate of drug-likeness (QED) is 0.397. The minimum absolute atomic E-state index is 0.164. The lowest BCUT2D eigenvalue weighted by molar-refractivity contribution is -0.0364. The Kier molecular flexibility index (Phi) is 5.54. The van der Waals surface area contributed by atoms with Gasteiger partial charge >= 0.3 is 0 Å². The number of aliphatic hydroxyl groups excluding tert-OH is 1. The third kappa shape index (κ3) is 3.94. The van der Waals surface area contributed by atoms with E-state index >= 15 is 0 Å². The van der Waals surface area contributed by atoms with Gasteiger partial charge in [0.05, 0.1) is 47.7 Å². The Hall–Kier alpha value is -4.02. The molecule has 4 aromatic rings. The van der Waals surface area contributed by atoms with Crippen LogP contribution < -0.4 is 15.5 Å². The fourth-order valence-electron chi connectivity index (χ4n) is 4.83. The SMILES string of the molecule is C[C@H](O)[C@@H]1CN(c2ccc(Nc3ccc(-c4cnc5cc(F)ccn45)c4c3C(=O)NC4)nc2)CCO1. The lowest BCUT2D eigenvalue weighted by atomic mass is 9.99. The Morgan fingerprint density at radius 2 is 2.11 bits per heavy atom. The second-order valence-corrected chi connectivity index (χ2v) is 9.04. The summed E-state index contributed by atoms with van der Waals surface area (Å²) < 4.78 is 21.1. The Morgan fingerprint density at radius 3 is 2.92 bits per heavy atom. The minimum atomic E-state index is -0.542. The van der Waals surface area contributed by atoms with Crippen LogP contribution in [-0.2, 0) is 11.3 Å². The molecule has 0 aliphatic carbocycles. The van der Waals surface area contributed by atoms with Crippen LogP contribution in [0, 0.1) is 5.82 Å². The maximum absolute atomic E-state index is 13.6. The van der Waals surface area contributed by atoms with Gasteiger partial charge in [-0.1, -0.05) is 6.07 Å². The van der Waals surface area contributed by atoms with Crippen LogP contribution in [0.4, 0.5) is 21.6 Å². The molecule has 1 aromatic carbocycles. The van der Waals surface area contributed by atoms with Crippen LogP contribution >= 0.6 is 0 Å². The Morgan fingerprint density at radius 1 is 1.22 bits per heavy atom. The van der Waals surface area contributed by atoms with Gasteiger partial charge < -0.3 is 25.4 Å². The van der Waals surface area contributed by atoms with Crippen molar-refractivity contribution < 1.29 is 19.0 Å². The molecule has 0 bridgehead atoms. The van der Waals surface area contributed by atoms with Crippen molar-refractivity contribution in [1.29, 1.82) is 0 Å². The molecule has 9 nitrogen and oxygen atoms in total. The van der Waals surface area contributed by atoms with E-state index < -0.39 is 6.10 Å². The van der Waals surface area contributed by atoms with Gasteiger partial charge in [-0.2, -0.15) is 0 Å². The molecule has 36 heavy (non-hydrogen) atoms. The fraction of sp³-hybridized carbons (Fsp3) is 0.269. The number of hydrogen-bond donors (Lipinski definition) is 3. The number of amides is 1. The van der Waals surface area contributed by atoms with Gasteiger partial charge in [-0.3, -0.25) is 9.20 Å². The highest BCUT2D eigenvalue weighted by atomic mass is 19.1. The molecule has 2 aliphatic heterocycles. The first-order valence-electron chi connectivity index (χ1n) is 11.8. The molecular weight excluding hydrogens is 463 g/mol. The van der Waals surface area contributed by atoms with E-state index in [0.717, 1.165) is 29.1 Å². The van der Waals surface area contributed by atoms with Gasteiger partial charge in [0.25, 0.3) is 5.91 Å². The van der Waals surface area contributed by atoms with E-state index in [1.54, 1.807) is 25.5 Å². The van der Waals surface area contributed by atoms with E-state index in [4.69, 9.17) is 4.74 Å². The summed E-state index contributed by atoms with van der Waals surface area (Å²) >= 11 is 0. The summed E-state index contributed by atoms with van der Waals surface area (Å²) in [5.74, 6) is 0.0958. The number of hydrogen-bond acceptors (Lipinski definition) is 7. The van der Waals surface area contributed by atoms with Crippen molar-refractivity contribution in [2.75, 3.05) is 29.9 Å². The lowest BCUT2D eigenvalue weighted by Crippen LogP contribution is -2.47. The van der Waals surface area contributed by atoms with E-state index in [9.17, 15) is 14.3 Å². The van der Waals surface area contributed by atoms with Crippen LogP contribution in [0.15, 0.2) is 55.0 Å². The summed E-state index contributed by atoms with van der Waals surface area (Å²) in [6, 6.07) is 10.4. The zero-order valence-corrected chi connectivity index (χ0v) is 19.6. The number of nitrogens with one attached hydrogen (secondary N) is 2. The predicted molar refractivity (Wildman–Crippen MR) is 133 cm³/mol. The van der Waals surface area contributed by atoms with E-state index in [2.05, 4.69) is 25.5 Å². The Balaban J connectivity index is 1.28. The third-order valence-corrected chi connectivity index (χ3v) is 6.72. The smallest absolute Gasteiger partial charge is 0.254 e. The lowest BCUT2D eigenvalue weighted by Gasteiger charge is -2.35. The molecule has 184 valence electrons. The molecule has 1 saturated heterocycles. The number of halogens is 1. The molecule has 0 spiro atoms. The van der Waals surface area contributed by atoms with Crippen LogP contribution in [0.25, 0.3) is 16.9 Å². The molecule has 10 heteroatoms. The number of imidazole rings is 1. The van der Waals surface area contributed by atoms with Gasteiger partial charge in [0.15, 0.2) is 0 Å². The third-order valence-electron chi connectivity index (χ3n) is 6.72. The highest BCUT2D eigenvalue weighted by molar-refractivity contribution is 6.06. The molecule has 0 radical (unpaired) electrons. The van der Waals surface area contributed by atoms with E-state index in [-0.39, 0.29) is 17.8 Å². The van der Waals surface area contributed by atoms with Gasteiger partial charge in [0.1, 0.15) is 23.4 Å². The number of ether oxygens (including phenoxy) is 1. The number of fused-ring (bicyclic) bond motifs is 2. The summed E-state index contributed by atoms with van der Waals surface area (Å²) in [6.07, 6.45) is 4.33. The summed E-state index contributed by atoms with van der Waals surface area (Å²) in [5, 5.41) is 16.1. The van der Waals surface area contributed by atoms with Crippen molar-refractivity contribution in [2.24, 2.45) is 0 Å². The average molecular weight is 489 g/mol. The number of nitrogens with zero attached hydrogens (tertiary/aromatic N) is 4. The van der Waals surface area contributed by atoms with Crippen LogP contribution in [0.3, 0.4) is 0 Å². The van der Waals surface area contributed by atoms with Gasteiger partial charge in [-0.15, -0.1) is 0 Å². The molecule has 1 amide bonds. The number of carbonyl (C=O) groups excluding carboxylic acids is 1. The summed E-state index contributed by atoms with van der Waals surface area (Å²) in [6.45, 7) is 3.99. The van der Waals surface area contributed by atoms with Gasteiger partial charge in [-0.25, -0.2) is 14.4 Å². The molecule has 2 atom stereocenters. The largest absolute Gasteiger partial charge is 0.391 e. The minimum Gasteiger partial charge on any atom is -0.391 e. The fourth-order valence-corrected chi connectivity index (χ4v) is 4.83. The molecule has 0 unspecified atom stereocenters. The van der Waals surface area contributed by atoms with Gasteiger partial charge in [0.2, 0.25) is 0 Å². The summed E-state index contributed by atoms with van der Waals surface area (Å²) in [5.41, 5.74) is 5.15. The van der Waals surface area contributed by atoms with Crippen molar-refractivity contribution in [3.05, 3.63) is 71.9 Å². The Bertz CT molecular complexity index is 1450. The van der Waals surface area contributed by atoms with E-state index in [0.29, 0.717) is 42.4 Å². The number of carbonyl (C=O) groups is 1. The molecule has 1 fully saturated rings. The number of rotatable bonds is 5. The van der Waals surface area contributed by atoms with Crippen molar-refractivity contribution in [1.82, 2.24) is 19.7 Å². The predicted octanol–water partition coefficient (Wildman–Crippen LogP) is 3.11. The first-order chi connectivity index (χ1) is 17.5. The molecule has 6 rings (SSSR count). The average Bonchev–Trinajstić information content (AvgIpc) is 3.48. The van der Waals surface area contributed by atoms with Crippen molar-refractivity contribution in [3.8, 4) is 11.3 Å². The van der Waals surface area contributed by atoms with E-state index in [1.807, 2.05) is 28.7 Å². The topological polar surface area (TPSA) is 104 Å². The second-order valence-electron chi connectivity index (χ2n) is 9.04. The van der Waals surface area contributed by atoms with Crippen molar-refractivity contribution in [2.45, 2.75) is 25.7 Å². The van der Waals surface area contributed by atoms with Crippen LogP contribution in [0.1, 0.15) is 22.8 Å². The summed E-state index contributed by atoms with van der Waals surface area (Å²) in [7, 11) is 0. The van der Waals surface area contributed by atoms with Crippen LogP contribution in [0.5, 0.6) is 0 Å². The van der Waals surface area contributed by atoms with Crippen LogP contribution in [-0.4, -0.2) is 57.3 Å². The van der Waals surface area contributed by atoms with Crippen LogP contribution in [0.2, 0.25) is 0 Å². The van der Waals surface area contributed by atoms with Crippen molar-refractivity contribution in [3.63, 3.8) is 0 Å². The molecule has 0 saturated carbocycles. The number of aliphatic hydroxyl groups is 1. The first kappa shape index (κ1) is 22.4.